The highest BCUT2D eigenvalue weighted by Gasteiger charge is 2.24. The average Bonchev–Trinajstić information content (AvgIpc) is 3.88. The maximum absolute atomic E-state index is 5.36. The fraction of sp³-hybridized carbons (Fsp3) is 0. The molecule has 0 radical (unpaired) electrons. The minimum absolute atomic E-state index is 0.544. The second kappa shape index (κ2) is 14.7. The lowest BCUT2D eigenvalue weighted by molar-refractivity contribution is 0.953. The SMILES string of the molecule is c1ccc(-c2ccc(-c3nc(-c4ccccc4)nc(-n4c5ccccc5c5ccc6c7ccccc7n(-c7ccccc7-c7cccc(-c8ccccc8)n7)c6c54)n3)cc2)cc1. The summed E-state index contributed by atoms with van der Waals surface area (Å²) in [5.41, 5.74) is 13.2. The lowest BCUT2D eigenvalue weighted by Gasteiger charge is -2.16. The molecule has 12 aromatic rings. The lowest BCUT2D eigenvalue weighted by Crippen LogP contribution is -2.07. The van der Waals surface area contributed by atoms with E-state index in [1.165, 1.54) is 0 Å². The van der Waals surface area contributed by atoms with Crippen molar-refractivity contribution in [2.75, 3.05) is 0 Å². The molecule has 0 aliphatic heterocycles. The lowest BCUT2D eigenvalue weighted by atomic mass is 10.0. The van der Waals surface area contributed by atoms with Crippen molar-refractivity contribution >= 4 is 43.6 Å². The van der Waals surface area contributed by atoms with E-state index in [0.29, 0.717) is 17.6 Å². The zero-order valence-corrected chi connectivity index (χ0v) is 33.5. The van der Waals surface area contributed by atoms with Gasteiger partial charge in [0.2, 0.25) is 5.95 Å². The van der Waals surface area contributed by atoms with Crippen molar-refractivity contribution in [1.29, 1.82) is 0 Å². The molecule has 0 unspecified atom stereocenters. The van der Waals surface area contributed by atoms with Crippen molar-refractivity contribution in [3.63, 3.8) is 0 Å². The molecule has 4 aromatic heterocycles. The van der Waals surface area contributed by atoms with Crippen LogP contribution in [0.2, 0.25) is 0 Å². The summed E-state index contributed by atoms with van der Waals surface area (Å²) in [4.78, 5) is 21.1. The summed E-state index contributed by atoms with van der Waals surface area (Å²) in [7, 11) is 0. The number of rotatable bonds is 7. The second-order valence-corrected chi connectivity index (χ2v) is 15.4. The minimum atomic E-state index is 0.544. The van der Waals surface area contributed by atoms with Crippen LogP contribution in [0.15, 0.2) is 218 Å². The first-order valence-corrected chi connectivity index (χ1v) is 20.8. The number of para-hydroxylation sites is 3. The zero-order valence-electron chi connectivity index (χ0n) is 33.5. The van der Waals surface area contributed by atoms with Crippen LogP contribution in [0.5, 0.6) is 0 Å². The van der Waals surface area contributed by atoms with Gasteiger partial charge in [0.1, 0.15) is 0 Å². The topological polar surface area (TPSA) is 61.4 Å². The Morgan fingerprint density at radius 3 is 1.40 bits per heavy atom. The molecule has 0 aliphatic carbocycles. The Kier molecular flexibility index (Phi) is 8.38. The van der Waals surface area contributed by atoms with Gasteiger partial charge in [-0.15, -0.1) is 0 Å². The Labute approximate surface area is 357 Å². The van der Waals surface area contributed by atoms with E-state index in [9.17, 15) is 0 Å². The molecule has 0 bridgehead atoms. The van der Waals surface area contributed by atoms with E-state index in [2.05, 4.69) is 197 Å². The van der Waals surface area contributed by atoms with E-state index in [1.54, 1.807) is 0 Å². The summed E-state index contributed by atoms with van der Waals surface area (Å²) in [6.07, 6.45) is 0. The summed E-state index contributed by atoms with van der Waals surface area (Å²) < 4.78 is 4.66. The van der Waals surface area contributed by atoms with Crippen LogP contribution in [0.4, 0.5) is 0 Å². The third-order valence-corrected chi connectivity index (χ3v) is 11.8. The predicted octanol–water partition coefficient (Wildman–Crippen LogP) is 13.8. The second-order valence-electron chi connectivity index (χ2n) is 15.4. The van der Waals surface area contributed by atoms with E-state index in [1.807, 2.05) is 30.3 Å². The van der Waals surface area contributed by atoms with Gasteiger partial charge in [-0.3, -0.25) is 4.57 Å². The maximum Gasteiger partial charge on any atom is 0.238 e. The van der Waals surface area contributed by atoms with Crippen LogP contribution in [0.3, 0.4) is 0 Å². The first-order chi connectivity index (χ1) is 30.8. The number of hydrogen-bond acceptors (Lipinski definition) is 4. The molecule has 0 aliphatic rings. The van der Waals surface area contributed by atoms with Crippen molar-refractivity contribution in [3.05, 3.63) is 218 Å². The Hall–Kier alpha value is -8.48. The van der Waals surface area contributed by atoms with Crippen molar-refractivity contribution in [2.45, 2.75) is 0 Å². The van der Waals surface area contributed by atoms with Crippen LogP contribution >= 0.6 is 0 Å². The number of benzene rings is 8. The van der Waals surface area contributed by atoms with Gasteiger partial charge in [0.15, 0.2) is 11.6 Å². The van der Waals surface area contributed by atoms with Gasteiger partial charge in [-0.2, -0.15) is 9.97 Å². The summed E-state index contributed by atoms with van der Waals surface area (Å²) >= 11 is 0. The fourth-order valence-electron chi connectivity index (χ4n) is 8.95. The van der Waals surface area contributed by atoms with Crippen molar-refractivity contribution in [2.24, 2.45) is 0 Å². The molecule has 0 atom stereocenters. The van der Waals surface area contributed by atoms with E-state index < -0.39 is 0 Å². The Bertz CT molecular complexity index is 3610. The van der Waals surface area contributed by atoms with E-state index in [0.717, 1.165) is 94.1 Å². The smallest absolute Gasteiger partial charge is 0.238 e. The number of hydrogen-bond donors (Lipinski definition) is 0. The van der Waals surface area contributed by atoms with Crippen LogP contribution in [0.1, 0.15) is 0 Å². The van der Waals surface area contributed by atoms with Gasteiger partial charge in [-0.1, -0.05) is 188 Å². The molecule has 0 saturated carbocycles. The Balaban J connectivity index is 1.15. The number of aromatic nitrogens is 6. The molecule has 0 amide bonds. The molecule has 4 heterocycles. The van der Waals surface area contributed by atoms with Gasteiger partial charge < -0.3 is 4.57 Å². The molecule has 0 saturated heterocycles. The number of pyridine rings is 1. The number of nitrogens with zero attached hydrogens (tertiary/aromatic N) is 6. The highest BCUT2D eigenvalue weighted by Crippen LogP contribution is 2.43. The van der Waals surface area contributed by atoms with E-state index >= 15 is 0 Å². The molecule has 290 valence electrons. The van der Waals surface area contributed by atoms with Crippen molar-refractivity contribution in [3.8, 4) is 68.1 Å². The quantitative estimate of drug-likeness (QED) is 0.161. The third-order valence-electron chi connectivity index (χ3n) is 11.8. The molecule has 62 heavy (non-hydrogen) atoms. The summed E-state index contributed by atoms with van der Waals surface area (Å²) in [5, 5.41) is 4.50. The Morgan fingerprint density at radius 1 is 0.274 bits per heavy atom. The summed E-state index contributed by atoms with van der Waals surface area (Å²) in [5.74, 6) is 1.75. The maximum atomic E-state index is 5.36. The van der Waals surface area contributed by atoms with Gasteiger partial charge in [0.25, 0.3) is 0 Å². The van der Waals surface area contributed by atoms with E-state index in [4.69, 9.17) is 19.9 Å². The normalized spacial score (nSPS) is 11.5. The third kappa shape index (κ3) is 5.88. The standard InChI is InChI=1S/C56H36N6/c1-4-17-37(18-5-1)38-31-33-41(34-32-38)55-58-54(40-21-8-3-9-22-40)59-56(60-55)62-50-29-14-11-24-43(50)45-36-35-44-42-23-10-13-28-49(42)61(52(44)53(45)62)51-30-15-12-25-46(51)48-27-16-26-47(57-48)39-19-6-2-7-20-39/h1-36H. The Morgan fingerprint density at radius 2 is 0.742 bits per heavy atom. The minimum Gasteiger partial charge on any atom is -0.306 e. The molecule has 6 heteroatoms. The van der Waals surface area contributed by atoms with Gasteiger partial charge >= 0.3 is 0 Å². The zero-order chi connectivity index (χ0) is 41.0. The van der Waals surface area contributed by atoms with Gasteiger partial charge in [-0.25, -0.2) is 9.97 Å². The molecular weight excluding hydrogens is 757 g/mol. The summed E-state index contributed by atoms with van der Waals surface area (Å²) in [6.45, 7) is 0. The van der Waals surface area contributed by atoms with Crippen LogP contribution < -0.4 is 0 Å². The number of fused-ring (bicyclic) bond motifs is 7. The highest BCUT2D eigenvalue weighted by molar-refractivity contribution is 6.24. The molecule has 6 nitrogen and oxygen atoms in total. The van der Waals surface area contributed by atoms with Crippen molar-refractivity contribution < 1.29 is 0 Å². The summed E-state index contributed by atoms with van der Waals surface area (Å²) in [6, 6.07) is 76.1. The first-order valence-electron chi connectivity index (χ1n) is 20.8. The van der Waals surface area contributed by atoms with Gasteiger partial charge in [-0.05, 0) is 41.5 Å². The van der Waals surface area contributed by atoms with Crippen LogP contribution in [0, 0.1) is 0 Å². The highest BCUT2D eigenvalue weighted by atomic mass is 15.2. The largest absolute Gasteiger partial charge is 0.306 e. The predicted molar refractivity (Wildman–Crippen MR) is 253 cm³/mol. The monoisotopic (exact) mass is 792 g/mol. The molecule has 8 aromatic carbocycles. The van der Waals surface area contributed by atoms with E-state index in [-0.39, 0.29) is 0 Å². The van der Waals surface area contributed by atoms with Gasteiger partial charge in [0.05, 0.1) is 39.1 Å². The molecule has 0 spiro atoms. The molecular formula is C56H36N6. The van der Waals surface area contributed by atoms with Gasteiger partial charge in [0, 0.05) is 43.8 Å². The average molecular weight is 793 g/mol. The van der Waals surface area contributed by atoms with Crippen LogP contribution in [-0.2, 0) is 0 Å². The van der Waals surface area contributed by atoms with Crippen LogP contribution in [-0.4, -0.2) is 29.1 Å². The molecule has 0 fully saturated rings. The fourth-order valence-corrected chi connectivity index (χ4v) is 8.95. The molecule has 0 N–H and O–H groups in total. The first kappa shape index (κ1) is 35.5. The van der Waals surface area contributed by atoms with Crippen LogP contribution in [0.25, 0.3) is 112 Å². The molecule has 12 rings (SSSR count). The van der Waals surface area contributed by atoms with Crippen molar-refractivity contribution in [1.82, 2.24) is 29.1 Å².